The highest BCUT2D eigenvalue weighted by molar-refractivity contribution is 7.92. The molecule has 0 amide bonds. The van der Waals surface area contributed by atoms with Crippen molar-refractivity contribution in [1.82, 2.24) is 0 Å². The van der Waals surface area contributed by atoms with E-state index in [9.17, 15) is 13.5 Å². The van der Waals surface area contributed by atoms with Crippen LogP contribution in [0.5, 0.6) is 5.75 Å². The first-order chi connectivity index (χ1) is 9.42. The van der Waals surface area contributed by atoms with Crippen LogP contribution < -0.4 is 4.72 Å². The minimum Gasteiger partial charge on any atom is -0.506 e. The van der Waals surface area contributed by atoms with Crippen LogP contribution in [0.3, 0.4) is 0 Å². The smallest absolute Gasteiger partial charge is 0.262 e. The van der Waals surface area contributed by atoms with Crippen molar-refractivity contribution in [3.05, 3.63) is 53.6 Å². The van der Waals surface area contributed by atoms with Crippen LogP contribution in [0.15, 0.2) is 47.4 Å². The van der Waals surface area contributed by atoms with Crippen LogP contribution in [0, 0.1) is 6.92 Å². The Morgan fingerprint density at radius 2 is 1.75 bits per heavy atom. The third-order valence-corrected chi connectivity index (χ3v) is 4.42. The number of aryl methyl sites for hydroxylation is 2. The minimum atomic E-state index is -3.69. The average Bonchev–Trinajstić information content (AvgIpc) is 2.43. The van der Waals surface area contributed by atoms with Gasteiger partial charge in [0.2, 0.25) is 0 Å². The Labute approximate surface area is 119 Å². The van der Waals surface area contributed by atoms with Crippen LogP contribution in [-0.4, -0.2) is 13.5 Å². The van der Waals surface area contributed by atoms with Gasteiger partial charge in [-0.1, -0.05) is 25.1 Å². The SMILES string of the molecule is CCc1ccc(S(=O)(=O)Nc2cc(C)ccc2O)cc1. The van der Waals surface area contributed by atoms with Crippen molar-refractivity contribution < 1.29 is 13.5 Å². The van der Waals surface area contributed by atoms with Gasteiger partial charge >= 0.3 is 0 Å². The molecule has 0 aliphatic carbocycles. The quantitative estimate of drug-likeness (QED) is 0.851. The summed E-state index contributed by atoms with van der Waals surface area (Å²) in [6.45, 7) is 3.83. The highest BCUT2D eigenvalue weighted by Gasteiger charge is 2.15. The molecule has 0 aliphatic rings. The van der Waals surface area contributed by atoms with E-state index < -0.39 is 10.0 Å². The zero-order chi connectivity index (χ0) is 14.8. The van der Waals surface area contributed by atoms with E-state index in [-0.39, 0.29) is 16.3 Å². The molecule has 0 saturated heterocycles. The van der Waals surface area contributed by atoms with Crippen molar-refractivity contribution in [3.63, 3.8) is 0 Å². The van der Waals surface area contributed by atoms with Crippen LogP contribution in [0.2, 0.25) is 0 Å². The normalized spacial score (nSPS) is 11.3. The molecule has 0 unspecified atom stereocenters. The van der Waals surface area contributed by atoms with Gasteiger partial charge in [-0.15, -0.1) is 0 Å². The molecule has 5 heteroatoms. The molecule has 106 valence electrons. The molecule has 0 fully saturated rings. The number of aromatic hydroxyl groups is 1. The number of anilines is 1. The Morgan fingerprint density at radius 3 is 2.35 bits per heavy atom. The van der Waals surface area contributed by atoms with E-state index in [4.69, 9.17) is 0 Å². The van der Waals surface area contributed by atoms with E-state index in [0.29, 0.717) is 0 Å². The molecule has 0 radical (unpaired) electrons. The molecule has 4 nitrogen and oxygen atoms in total. The Balaban J connectivity index is 2.32. The van der Waals surface area contributed by atoms with Crippen molar-refractivity contribution in [1.29, 1.82) is 0 Å². The van der Waals surface area contributed by atoms with Crippen LogP contribution in [0.1, 0.15) is 18.1 Å². The van der Waals surface area contributed by atoms with Gasteiger partial charge in [0.1, 0.15) is 5.75 Å². The van der Waals surface area contributed by atoms with Crippen LogP contribution in [-0.2, 0) is 16.4 Å². The zero-order valence-electron chi connectivity index (χ0n) is 11.4. The van der Waals surface area contributed by atoms with E-state index in [1.54, 1.807) is 36.4 Å². The summed E-state index contributed by atoms with van der Waals surface area (Å²) in [7, 11) is -3.69. The maximum Gasteiger partial charge on any atom is 0.262 e. The lowest BCUT2D eigenvalue weighted by atomic mass is 10.2. The van der Waals surface area contributed by atoms with Gasteiger partial charge in [-0.3, -0.25) is 4.72 Å². The number of sulfonamides is 1. The molecule has 2 N–H and O–H groups in total. The fraction of sp³-hybridized carbons (Fsp3) is 0.200. The molecule has 0 spiro atoms. The van der Waals surface area contributed by atoms with Gasteiger partial charge in [-0.05, 0) is 48.7 Å². The molecule has 0 heterocycles. The highest BCUT2D eigenvalue weighted by Crippen LogP contribution is 2.26. The number of hydrogen-bond acceptors (Lipinski definition) is 3. The van der Waals surface area contributed by atoms with Gasteiger partial charge in [-0.25, -0.2) is 8.42 Å². The fourth-order valence-corrected chi connectivity index (χ4v) is 2.90. The standard InChI is InChI=1S/C15H17NO3S/c1-3-12-5-7-13(8-6-12)20(18,19)16-14-10-11(2)4-9-15(14)17/h4-10,16-17H,3H2,1-2H3. The van der Waals surface area contributed by atoms with E-state index in [2.05, 4.69) is 4.72 Å². The second-order valence-corrected chi connectivity index (χ2v) is 6.31. The van der Waals surface area contributed by atoms with Gasteiger partial charge in [0, 0.05) is 0 Å². The van der Waals surface area contributed by atoms with E-state index in [1.807, 2.05) is 13.8 Å². The Morgan fingerprint density at radius 1 is 1.10 bits per heavy atom. The maximum atomic E-state index is 12.2. The zero-order valence-corrected chi connectivity index (χ0v) is 12.2. The Kier molecular flexibility index (Phi) is 3.99. The van der Waals surface area contributed by atoms with Crippen molar-refractivity contribution in [2.24, 2.45) is 0 Å². The topological polar surface area (TPSA) is 66.4 Å². The number of phenolic OH excluding ortho intramolecular Hbond substituents is 1. The van der Waals surface area contributed by atoms with E-state index >= 15 is 0 Å². The molecular weight excluding hydrogens is 274 g/mol. The summed E-state index contributed by atoms with van der Waals surface area (Å²) in [6, 6.07) is 11.5. The largest absolute Gasteiger partial charge is 0.506 e. The molecule has 2 aromatic carbocycles. The number of benzene rings is 2. The van der Waals surface area contributed by atoms with Gasteiger partial charge in [0.15, 0.2) is 0 Å². The number of hydrogen-bond donors (Lipinski definition) is 2. The third-order valence-electron chi connectivity index (χ3n) is 3.04. The van der Waals surface area contributed by atoms with Gasteiger partial charge in [0.05, 0.1) is 10.6 Å². The molecule has 0 aliphatic heterocycles. The Bertz CT molecular complexity index is 706. The predicted molar refractivity (Wildman–Crippen MR) is 79.5 cm³/mol. The molecule has 0 bridgehead atoms. The van der Waals surface area contributed by atoms with Crippen LogP contribution >= 0.6 is 0 Å². The van der Waals surface area contributed by atoms with Gasteiger partial charge in [0.25, 0.3) is 10.0 Å². The first-order valence-electron chi connectivity index (χ1n) is 6.34. The average molecular weight is 291 g/mol. The molecule has 0 atom stereocenters. The third kappa shape index (κ3) is 3.11. The fourth-order valence-electron chi connectivity index (χ4n) is 1.84. The first-order valence-corrected chi connectivity index (χ1v) is 7.82. The van der Waals surface area contributed by atoms with Crippen molar-refractivity contribution in [3.8, 4) is 5.75 Å². The van der Waals surface area contributed by atoms with Crippen molar-refractivity contribution in [2.45, 2.75) is 25.2 Å². The number of nitrogens with one attached hydrogen (secondary N) is 1. The van der Waals surface area contributed by atoms with Gasteiger partial charge in [-0.2, -0.15) is 0 Å². The lowest BCUT2D eigenvalue weighted by Gasteiger charge is -2.10. The second-order valence-electron chi connectivity index (χ2n) is 4.62. The molecule has 20 heavy (non-hydrogen) atoms. The molecule has 2 aromatic rings. The highest BCUT2D eigenvalue weighted by atomic mass is 32.2. The summed E-state index contributed by atoms with van der Waals surface area (Å²) >= 11 is 0. The molecule has 0 saturated carbocycles. The monoisotopic (exact) mass is 291 g/mol. The maximum absolute atomic E-state index is 12.2. The number of rotatable bonds is 4. The van der Waals surface area contributed by atoms with E-state index in [1.165, 1.54) is 6.07 Å². The van der Waals surface area contributed by atoms with E-state index in [0.717, 1.165) is 17.5 Å². The number of phenols is 1. The molecular formula is C15H17NO3S. The van der Waals surface area contributed by atoms with Crippen molar-refractivity contribution >= 4 is 15.7 Å². The summed E-state index contributed by atoms with van der Waals surface area (Å²) in [4.78, 5) is 0.176. The van der Waals surface area contributed by atoms with Crippen LogP contribution in [0.25, 0.3) is 0 Å². The van der Waals surface area contributed by atoms with Gasteiger partial charge < -0.3 is 5.11 Å². The predicted octanol–water partition coefficient (Wildman–Crippen LogP) is 3.06. The summed E-state index contributed by atoms with van der Waals surface area (Å²) in [5.74, 6) is -0.0932. The summed E-state index contributed by atoms with van der Waals surface area (Å²) in [5.41, 5.74) is 2.12. The minimum absolute atomic E-state index is 0.0932. The first kappa shape index (κ1) is 14.4. The second kappa shape index (κ2) is 5.54. The molecule has 0 aromatic heterocycles. The lowest BCUT2D eigenvalue weighted by molar-refractivity contribution is 0.477. The summed E-state index contributed by atoms with van der Waals surface area (Å²) < 4.78 is 26.9. The van der Waals surface area contributed by atoms with Crippen molar-refractivity contribution in [2.75, 3.05) is 4.72 Å². The van der Waals surface area contributed by atoms with Crippen LogP contribution in [0.4, 0.5) is 5.69 Å². The summed E-state index contributed by atoms with van der Waals surface area (Å²) in [5, 5.41) is 9.70. The lowest BCUT2D eigenvalue weighted by Crippen LogP contribution is -2.13. The molecule has 2 rings (SSSR count). The Hall–Kier alpha value is -2.01. The summed E-state index contributed by atoms with van der Waals surface area (Å²) in [6.07, 6.45) is 0.854.